The molecule has 0 heterocycles. The Morgan fingerprint density at radius 1 is 1.07 bits per heavy atom. The summed E-state index contributed by atoms with van der Waals surface area (Å²) < 4.78 is 38.0. The average Bonchev–Trinajstić information content (AvgIpc) is 2.63. The minimum absolute atomic E-state index is 0.645. The van der Waals surface area contributed by atoms with Crippen molar-refractivity contribution in [1.29, 1.82) is 0 Å². The predicted molar refractivity (Wildman–Crippen MR) is 114 cm³/mol. The fourth-order valence-electron chi connectivity index (χ4n) is 2.93. The van der Waals surface area contributed by atoms with Gasteiger partial charge in [-0.1, -0.05) is 48.2 Å². The predicted octanol–water partition coefficient (Wildman–Crippen LogP) is 6.89. The van der Waals surface area contributed by atoms with Crippen molar-refractivity contribution in [3.8, 4) is 0 Å². The number of aryl methyl sites for hydroxylation is 2. The van der Waals surface area contributed by atoms with Gasteiger partial charge >= 0.3 is 6.18 Å². The van der Waals surface area contributed by atoms with E-state index < -0.39 is 11.7 Å². The van der Waals surface area contributed by atoms with Crippen molar-refractivity contribution in [2.45, 2.75) is 39.9 Å². The van der Waals surface area contributed by atoms with Crippen LogP contribution in [-0.2, 0) is 19.1 Å². The second kappa shape index (κ2) is 9.48. The Balaban J connectivity index is 2.04. The van der Waals surface area contributed by atoms with Crippen LogP contribution < -0.4 is 5.32 Å². The number of alkyl halides is 3. The monoisotopic (exact) mass is 405 g/mol. The van der Waals surface area contributed by atoms with Crippen LogP contribution in [0.2, 0.25) is 0 Å². The fourth-order valence-corrected chi connectivity index (χ4v) is 3.63. The molecule has 0 bridgehead atoms. The molecule has 2 rings (SSSR count). The summed E-state index contributed by atoms with van der Waals surface area (Å²) in [5, 5.41) is 5.21. The molecule has 5 heteroatoms. The van der Waals surface area contributed by atoms with Crippen LogP contribution in [0.5, 0.6) is 0 Å². The normalized spacial score (nSPS) is 12.3. The van der Waals surface area contributed by atoms with E-state index in [-0.39, 0.29) is 0 Å². The maximum atomic E-state index is 12.7. The van der Waals surface area contributed by atoms with Gasteiger partial charge in [-0.3, -0.25) is 0 Å². The van der Waals surface area contributed by atoms with Crippen molar-refractivity contribution in [2.24, 2.45) is 0 Å². The molecule has 0 unspecified atom stereocenters. The molecule has 2 aromatic carbocycles. The van der Waals surface area contributed by atoms with Crippen LogP contribution in [0, 0.1) is 13.8 Å². The van der Waals surface area contributed by atoms with Gasteiger partial charge in [0.2, 0.25) is 0 Å². The SMILES string of the molecule is C=C(S/C=C(\C)Cc1cc(C)c(CNC)cc1C)c1ccc(C(F)(F)F)cc1. The maximum absolute atomic E-state index is 12.7. The molecular weight excluding hydrogens is 379 g/mol. The fraction of sp³-hybridized carbons (Fsp3) is 0.304. The molecule has 1 N–H and O–H groups in total. The highest BCUT2D eigenvalue weighted by atomic mass is 32.2. The molecule has 2 aromatic rings. The van der Waals surface area contributed by atoms with Crippen molar-refractivity contribution >= 4 is 16.7 Å². The van der Waals surface area contributed by atoms with E-state index >= 15 is 0 Å². The quantitative estimate of drug-likeness (QED) is 0.538. The van der Waals surface area contributed by atoms with Crippen molar-refractivity contribution in [1.82, 2.24) is 5.32 Å². The Hall–Kier alpha value is -1.98. The largest absolute Gasteiger partial charge is 0.416 e. The smallest absolute Gasteiger partial charge is 0.316 e. The van der Waals surface area contributed by atoms with Gasteiger partial charge in [-0.15, -0.1) is 0 Å². The van der Waals surface area contributed by atoms with Gasteiger partial charge in [-0.2, -0.15) is 13.2 Å². The van der Waals surface area contributed by atoms with Gasteiger partial charge in [0.05, 0.1) is 5.56 Å². The molecule has 0 atom stereocenters. The number of thioether (sulfide) groups is 1. The van der Waals surface area contributed by atoms with E-state index in [0.717, 1.165) is 30.0 Å². The summed E-state index contributed by atoms with van der Waals surface area (Å²) in [4.78, 5) is 0.727. The third-order valence-electron chi connectivity index (χ3n) is 4.57. The van der Waals surface area contributed by atoms with E-state index in [4.69, 9.17) is 0 Å². The Morgan fingerprint density at radius 3 is 2.21 bits per heavy atom. The molecule has 0 amide bonds. The Bertz CT molecular complexity index is 865. The summed E-state index contributed by atoms with van der Waals surface area (Å²) >= 11 is 1.44. The summed E-state index contributed by atoms with van der Waals surface area (Å²) in [6.07, 6.45) is -3.48. The molecule has 0 saturated heterocycles. The molecule has 0 radical (unpaired) electrons. The summed E-state index contributed by atoms with van der Waals surface area (Å²) in [7, 11) is 1.94. The first-order chi connectivity index (χ1) is 13.1. The van der Waals surface area contributed by atoms with E-state index in [1.54, 1.807) is 0 Å². The summed E-state index contributed by atoms with van der Waals surface area (Å²) in [5.74, 6) is 0. The zero-order valence-electron chi connectivity index (χ0n) is 16.7. The molecule has 1 nitrogen and oxygen atoms in total. The molecule has 0 aliphatic heterocycles. The molecule has 0 spiro atoms. The molecule has 0 aliphatic carbocycles. The van der Waals surface area contributed by atoms with Gasteiger partial charge in [-0.25, -0.2) is 0 Å². The third-order valence-corrected chi connectivity index (χ3v) is 5.61. The molecule has 0 fully saturated rings. The van der Waals surface area contributed by atoms with Crippen LogP contribution in [0.4, 0.5) is 13.2 Å². The zero-order valence-corrected chi connectivity index (χ0v) is 17.5. The first-order valence-corrected chi connectivity index (χ1v) is 9.92. The molecule has 0 aliphatic rings. The minimum Gasteiger partial charge on any atom is -0.316 e. The Labute approximate surface area is 169 Å². The van der Waals surface area contributed by atoms with Gasteiger partial charge in [0, 0.05) is 11.4 Å². The molecule has 0 aromatic heterocycles. The number of allylic oxidation sites excluding steroid dienone is 1. The zero-order chi connectivity index (χ0) is 20.9. The number of benzene rings is 2. The standard InChI is InChI=1S/C23H26F3NS/c1-15(10-20-11-17(3)21(13-27-5)12-16(20)2)14-28-18(4)19-6-8-22(9-7-19)23(24,25)26/h6-9,11-12,14,27H,4,10,13H2,1-3,5H3/b15-14+. The number of hydrogen-bond donors (Lipinski definition) is 1. The van der Waals surface area contributed by atoms with Crippen LogP contribution in [0.3, 0.4) is 0 Å². The van der Waals surface area contributed by atoms with Crippen molar-refractivity contribution in [2.75, 3.05) is 7.05 Å². The lowest BCUT2D eigenvalue weighted by Gasteiger charge is -2.13. The first kappa shape index (κ1) is 22.3. The average molecular weight is 406 g/mol. The van der Waals surface area contributed by atoms with Gasteiger partial charge in [0.25, 0.3) is 0 Å². The summed E-state index contributed by atoms with van der Waals surface area (Å²) in [5.41, 5.74) is 6.35. The Kier molecular flexibility index (Phi) is 7.55. The van der Waals surface area contributed by atoms with Crippen LogP contribution >= 0.6 is 11.8 Å². The lowest BCUT2D eigenvalue weighted by molar-refractivity contribution is -0.137. The van der Waals surface area contributed by atoms with E-state index in [9.17, 15) is 13.2 Å². The van der Waals surface area contributed by atoms with Crippen molar-refractivity contribution in [3.05, 3.63) is 87.3 Å². The summed E-state index contributed by atoms with van der Waals surface area (Å²) in [6, 6.07) is 9.58. The number of rotatable bonds is 7. The van der Waals surface area contributed by atoms with E-state index in [0.29, 0.717) is 5.56 Å². The molecular formula is C23H26F3NS. The number of hydrogen-bond acceptors (Lipinski definition) is 2. The molecule has 0 saturated carbocycles. The van der Waals surface area contributed by atoms with E-state index in [2.05, 4.69) is 44.8 Å². The van der Waals surface area contributed by atoms with Gasteiger partial charge in [0.1, 0.15) is 0 Å². The van der Waals surface area contributed by atoms with Crippen LogP contribution in [-0.4, -0.2) is 7.05 Å². The van der Waals surface area contributed by atoms with Gasteiger partial charge < -0.3 is 5.32 Å². The summed E-state index contributed by atoms with van der Waals surface area (Å²) in [6.45, 7) is 11.1. The van der Waals surface area contributed by atoms with E-state index in [1.807, 2.05) is 12.5 Å². The molecule has 28 heavy (non-hydrogen) atoms. The number of nitrogens with one attached hydrogen (secondary N) is 1. The van der Waals surface area contributed by atoms with Crippen molar-refractivity contribution < 1.29 is 13.2 Å². The van der Waals surface area contributed by atoms with E-state index in [1.165, 1.54) is 51.7 Å². The number of halogens is 3. The third kappa shape index (κ3) is 6.01. The van der Waals surface area contributed by atoms with Gasteiger partial charge in [0.15, 0.2) is 0 Å². The highest BCUT2D eigenvalue weighted by Crippen LogP contribution is 2.33. The Morgan fingerprint density at radius 2 is 1.64 bits per heavy atom. The van der Waals surface area contributed by atoms with Crippen molar-refractivity contribution in [3.63, 3.8) is 0 Å². The second-order valence-corrected chi connectivity index (χ2v) is 7.96. The minimum atomic E-state index is -4.32. The highest BCUT2D eigenvalue weighted by Gasteiger charge is 2.29. The lowest BCUT2D eigenvalue weighted by atomic mass is 9.96. The highest BCUT2D eigenvalue weighted by molar-refractivity contribution is 8.10. The topological polar surface area (TPSA) is 12.0 Å². The second-order valence-electron chi connectivity index (χ2n) is 6.99. The maximum Gasteiger partial charge on any atom is 0.416 e. The van der Waals surface area contributed by atoms with Crippen LogP contribution in [0.25, 0.3) is 4.91 Å². The van der Waals surface area contributed by atoms with Crippen LogP contribution in [0.1, 0.15) is 40.3 Å². The first-order valence-electron chi connectivity index (χ1n) is 9.04. The van der Waals surface area contributed by atoms with Gasteiger partial charge in [-0.05, 0) is 79.6 Å². The molecule has 150 valence electrons. The van der Waals surface area contributed by atoms with Crippen LogP contribution in [0.15, 0.2) is 54.0 Å². The lowest BCUT2D eigenvalue weighted by Crippen LogP contribution is -2.07.